The van der Waals surface area contributed by atoms with Gasteiger partial charge in [-0.25, -0.2) is 9.38 Å². The number of morpholine rings is 1. The number of amidine groups is 1. The molecule has 166 valence electrons. The molecule has 0 aliphatic carbocycles. The summed E-state index contributed by atoms with van der Waals surface area (Å²) in [6.45, 7) is 5.97. The van der Waals surface area contributed by atoms with Crippen molar-refractivity contribution in [2.24, 2.45) is 4.99 Å². The third-order valence-corrected chi connectivity index (χ3v) is 6.57. The van der Waals surface area contributed by atoms with E-state index in [2.05, 4.69) is 40.0 Å². The lowest BCUT2D eigenvalue weighted by atomic mass is 9.89. The molecule has 0 bridgehead atoms. The average Bonchev–Trinajstić information content (AvgIpc) is 3.24. The molecular formula is C23H25FN6O2. The lowest BCUT2D eigenvalue weighted by Crippen LogP contribution is -2.60. The minimum absolute atomic E-state index is 0.116. The molecule has 1 unspecified atom stereocenters. The number of aromatic nitrogens is 4. The fraction of sp³-hybridized carbons (Fsp3) is 0.435. The Morgan fingerprint density at radius 3 is 2.94 bits per heavy atom. The molecule has 0 saturated carbocycles. The predicted octanol–water partition coefficient (Wildman–Crippen LogP) is 3.34. The van der Waals surface area contributed by atoms with Crippen molar-refractivity contribution >= 4 is 17.3 Å². The summed E-state index contributed by atoms with van der Waals surface area (Å²) in [7, 11) is 0. The first-order valence-corrected chi connectivity index (χ1v) is 11.0. The van der Waals surface area contributed by atoms with Crippen LogP contribution < -0.4 is 0 Å². The summed E-state index contributed by atoms with van der Waals surface area (Å²) in [6.07, 6.45) is 7.30. The first-order chi connectivity index (χ1) is 15.6. The fourth-order valence-corrected chi connectivity index (χ4v) is 4.76. The van der Waals surface area contributed by atoms with Gasteiger partial charge in [0, 0.05) is 6.54 Å². The maximum absolute atomic E-state index is 13.2. The van der Waals surface area contributed by atoms with Crippen LogP contribution in [0.1, 0.15) is 55.8 Å². The van der Waals surface area contributed by atoms with Crippen molar-refractivity contribution in [1.29, 1.82) is 0 Å². The van der Waals surface area contributed by atoms with E-state index in [1.54, 1.807) is 6.33 Å². The molecular weight excluding hydrogens is 411 g/mol. The Kier molecular flexibility index (Phi) is 5.21. The van der Waals surface area contributed by atoms with Gasteiger partial charge in [-0.3, -0.25) is 14.3 Å². The van der Waals surface area contributed by atoms with Gasteiger partial charge in [-0.1, -0.05) is 19.9 Å². The largest absolute Gasteiger partial charge is 0.377 e. The van der Waals surface area contributed by atoms with E-state index < -0.39 is 11.4 Å². The number of pyridine rings is 1. The molecule has 32 heavy (non-hydrogen) atoms. The molecule has 0 amide bonds. The van der Waals surface area contributed by atoms with Gasteiger partial charge in [-0.15, -0.1) is 10.2 Å². The third-order valence-electron chi connectivity index (χ3n) is 6.57. The summed E-state index contributed by atoms with van der Waals surface area (Å²) in [4.78, 5) is 24.3. The summed E-state index contributed by atoms with van der Waals surface area (Å²) in [5.41, 5.74) is 2.57. The highest BCUT2D eigenvalue weighted by molar-refractivity contribution is 6.19. The summed E-state index contributed by atoms with van der Waals surface area (Å²) in [5.74, 6) is 1.04. The van der Waals surface area contributed by atoms with Crippen molar-refractivity contribution < 1.29 is 13.9 Å². The van der Waals surface area contributed by atoms with Crippen LogP contribution in [-0.4, -0.2) is 56.0 Å². The molecule has 5 heterocycles. The van der Waals surface area contributed by atoms with Crippen LogP contribution in [0.2, 0.25) is 0 Å². The van der Waals surface area contributed by atoms with Gasteiger partial charge in [0.2, 0.25) is 0 Å². The minimum atomic E-state index is -0.464. The van der Waals surface area contributed by atoms with Crippen molar-refractivity contribution in [2.45, 2.75) is 45.1 Å². The van der Waals surface area contributed by atoms with E-state index in [4.69, 9.17) is 9.73 Å². The average molecular weight is 436 g/mol. The number of allylic oxidation sites excluding steroid dienone is 3. The number of hydrogen-bond donors (Lipinski definition) is 0. The van der Waals surface area contributed by atoms with Gasteiger partial charge in [-0.2, -0.15) is 0 Å². The zero-order chi connectivity index (χ0) is 22.3. The Balaban J connectivity index is 1.59. The second-order valence-electron chi connectivity index (χ2n) is 8.21. The molecule has 2 aromatic heterocycles. The Morgan fingerprint density at radius 1 is 1.31 bits per heavy atom. The van der Waals surface area contributed by atoms with Crippen LogP contribution in [0.5, 0.6) is 0 Å². The summed E-state index contributed by atoms with van der Waals surface area (Å²) in [6, 6.07) is 2.68. The number of hydrogen-bond acceptors (Lipinski definition) is 7. The molecule has 0 spiro atoms. The van der Waals surface area contributed by atoms with E-state index in [-0.39, 0.29) is 17.9 Å². The summed E-state index contributed by atoms with van der Waals surface area (Å²) >= 11 is 0. The number of halogens is 1. The third kappa shape index (κ3) is 3.19. The molecule has 0 radical (unpaired) electrons. The van der Waals surface area contributed by atoms with Gasteiger partial charge in [0.15, 0.2) is 17.4 Å². The van der Waals surface area contributed by atoms with E-state index in [9.17, 15) is 9.18 Å². The number of carbonyl (C=O) groups is 1. The number of carbonyl (C=O) groups excluding carboxylic acids is 1. The molecule has 3 aliphatic heterocycles. The summed E-state index contributed by atoms with van der Waals surface area (Å²) < 4.78 is 21.1. The number of aliphatic imine (C=N–C) groups is 1. The molecule has 2 aromatic rings. The number of nitrogens with zero attached hydrogens (tertiary/aromatic N) is 6. The molecule has 3 aliphatic rings. The monoisotopic (exact) mass is 436 g/mol. The lowest BCUT2D eigenvalue weighted by Gasteiger charge is -2.50. The van der Waals surface area contributed by atoms with E-state index in [1.165, 1.54) is 12.1 Å². The zero-order valence-corrected chi connectivity index (χ0v) is 18.2. The minimum Gasteiger partial charge on any atom is -0.377 e. The number of ether oxygens (including phenoxy) is 1. The van der Waals surface area contributed by atoms with Crippen LogP contribution >= 0.6 is 0 Å². The van der Waals surface area contributed by atoms with Crippen LogP contribution in [0.3, 0.4) is 0 Å². The molecule has 1 atom stereocenters. The van der Waals surface area contributed by atoms with Crippen LogP contribution in [0.4, 0.5) is 4.39 Å². The highest BCUT2D eigenvalue weighted by Gasteiger charge is 2.50. The quantitative estimate of drug-likeness (QED) is 0.669. The van der Waals surface area contributed by atoms with E-state index >= 15 is 0 Å². The SMILES string of the molecule is CCC1=C(CC(=O)c2ccc(F)cn2)N=C2C(=CC1)n1cnnc1C1(CC)COCCN21. The van der Waals surface area contributed by atoms with Crippen molar-refractivity contribution in [3.05, 3.63) is 59.3 Å². The maximum atomic E-state index is 13.2. The van der Waals surface area contributed by atoms with E-state index in [0.717, 1.165) is 47.7 Å². The Labute approximate surface area is 185 Å². The zero-order valence-electron chi connectivity index (χ0n) is 18.2. The lowest BCUT2D eigenvalue weighted by molar-refractivity contribution is -0.0460. The molecule has 0 N–H and O–H groups in total. The molecule has 5 rings (SSSR count). The van der Waals surface area contributed by atoms with Crippen LogP contribution in [-0.2, 0) is 10.3 Å². The van der Waals surface area contributed by atoms with Gasteiger partial charge < -0.3 is 9.64 Å². The van der Waals surface area contributed by atoms with E-state index in [1.807, 2.05) is 4.57 Å². The van der Waals surface area contributed by atoms with Crippen LogP contribution in [0, 0.1) is 5.82 Å². The number of rotatable bonds is 5. The molecule has 9 heteroatoms. The topological polar surface area (TPSA) is 85.5 Å². The van der Waals surface area contributed by atoms with Crippen molar-refractivity contribution in [3.63, 3.8) is 0 Å². The number of ketones is 1. The first kappa shape index (κ1) is 20.7. The van der Waals surface area contributed by atoms with Crippen LogP contribution in [0.15, 0.2) is 47.0 Å². The standard InChI is InChI=1S/C23H25FN6O2/c1-3-15-5-8-19-21(27-18(15)11-20(31)17-7-6-16(24)12-25-17)30-9-10-32-13-23(30,4-2)22-28-26-14-29(19)22/h6-8,12,14H,3-5,9-11,13H2,1-2H3. The van der Waals surface area contributed by atoms with Gasteiger partial charge in [-0.05, 0) is 37.0 Å². The predicted molar refractivity (Wildman–Crippen MR) is 116 cm³/mol. The van der Waals surface area contributed by atoms with E-state index in [0.29, 0.717) is 26.2 Å². The van der Waals surface area contributed by atoms with Crippen molar-refractivity contribution in [3.8, 4) is 0 Å². The highest BCUT2D eigenvalue weighted by Crippen LogP contribution is 2.42. The second-order valence-corrected chi connectivity index (χ2v) is 8.21. The molecule has 1 fully saturated rings. The van der Waals surface area contributed by atoms with Gasteiger partial charge >= 0.3 is 0 Å². The molecule has 8 nitrogen and oxygen atoms in total. The first-order valence-electron chi connectivity index (χ1n) is 11.0. The van der Waals surface area contributed by atoms with Crippen LogP contribution in [0.25, 0.3) is 5.70 Å². The Bertz CT molecular complexity index is 1150. The van der Waals surface area contributed by atoms with Gasteiger partial charge in [0.25, 0.3) is 0 Å². The normalized spacial score (nSPS) is 22.4. The second kappa shape index (κ2) is 8.05. The van der Waals surface area contributed by atoms with Gasteiger partial charge in [0.1, 0.15) is 23.4 Å². The molecule has 0 aromatic carbocycles. The van der Waals surface area contributed by atoms with Gasteiger partial charge in [0.05, 0.1) is 37.2 Å². The Hall–Kier alpha value is -3.20. The maximum Gasteiger partial charge on any atom is 0.187 e. The van der Waals surface area contributed by atoms with Crippen molar-refractivity contribution in [2.75, 3.05) is 19.8 Å². The molecule has 1 saturated heterocycles. The number of fused-ring (bicyclic) bond motifs is 6. The highest BCUT2D eigenvalue weighted by atomic mass is 19.1. The fourth-order valence-electron chi connectivity index (χ4n) is 4.76. The van der Waals surface area contributed by atoms with Crippen molar-refractivity contribution in [1.82, 2.24) is 24.6 Å². The smallest absolute Gasteiger partial charge is 0.187 e. The Morgan fingerprint density at radius 2 is 2.19 bits per heavy atom. The number of Topliss-reactive ketones (excluding diaryl/α,β-unsaturated/α-hetero) is 1. The summed E-state index contributed by atoms with van der Waals surface area (Å²) in [5, 5.41) is 8.64.